The van der Waals surface area contributed by atoms with Crippen molar-refractivity contribution in [3.8, 4) is 0 Å². The van der Waals surface area contributed by atoms with E-state index in [2.05, 4.69) is 10.0 Å². The van der Waals surface area contributed by atoms with Crippen molar-refractivity contribution in [1.29, 1.82) is 0 Å². The van der Waals surface area contributed by atoms with Gasteiger partial charge >= 0.3 is 0 Å². The average molecular weight is 672 g/mol. The third-order valence-corrected chi connectivity index (χ3v) is 11.1. The number of amides is 3. The number of hydrogen-bond acceptors (Lipinski definition) is 7. The summed E-state index contributed by atoms with van der Waals surface area (Å²) in [6, 6.07) is 7.59. The van der Waals surface area contributed by atoms with Crippen LogP contribution >= 0.6 is 34.5 Å². The van der Waals surface area contributed by atoms with E-state index >= 15 is 0 Å². The highest BCUT2D eigenvalue weighted by atomic mass is 35.5. The van der Waals surface area contributed by atoms with Crippen LogP contribution in [0.25, 0.3) is 10.1 Å². The van der Waals surface area contributed by atoms with Gasteiger partial charge in [-0.1, -0.05) is 61.3 Å². The van der Waals surface area contributed by atoms with E-state index in [1.54, 1.807) is 4.90 Å². The van der Waals surface area contributed by atoms with Gasteiger partial charge in [0, 0.05) is 47.6 Å². The Balaban J connectivity index is 1.38. The van der Waals surface area contributed by atoms with E-state index in [-0.39, 0.29) is 61.8 Å². The van der Waals surface area contributed by atoms with Crippen molar-refractivity contribution in [2.45, 2.75) is 50.4 Å². The minimum absolute atomic E-state index is 0.0396. The molecule has 43 heavy (non-hydrogen) atoms. The molecular weight excluding hydrogens is 635 g/mol. The van der Waals surface area contributed by atoms with Crippen LogP contribution < -0.4 is 10.0 Å². The highest BCUT2D eigenvalue weighted by molar-refractivity contribution is 7.90. The zero-order chi connectivity index (χ0) is 31.3. The first kappa shape index (κ1) is 33.4. The van der Waals surface area contributed by atoms with E-state index in [4.69, 9.17) is 23.2 Å². The predicted octanol–water partition coefficient (Wildman–Crippen LogP) is 3.40. The molecule has 1 saturated heterocycles. The molecule has 3 amide bonds. The number of nitrogens with one attached hydrogen (secondary N) is 2. The second-order valence-corrected chi connectivity index (χ2v) is 14.9. The maximum absolute atomic E-state index is 13.6. The van der Waals surface area contributed by atoms with E-state index in [1.807, 2.05) is 44.2 Å². The van der Waals surface area contributed by atoms with Crippen molar-refractivity contribution < 1.29 is 27.9 Å². The molecule has 1 aliphatic heterocycles. The number of aliphatic hydroxyl groups excluding tert-OH is 1. The lowest BCUT2D eigenvalue weighted by Gasteiger charge is -2.38. The average Bonchev–Trinajstić information content (AvgIpc) is 3.40. The summed E-state index contributed by atoms with van der Waals surface area (Å²) in [5, 5.41) is 12.7. The van der Waals surface area contributed by atoms with Crippen LogP contribution in [0.1, 0.15) is 42.8 Å². The second-order valence-electron chi connectivity index (χ2n) is 11.0. The normalized spacial score (nSPS) is 19.2. The SMILES string of the molecule is CC(C)C[C@H](NC(=O)c1cc2ccccc2s1)C(=O)N1CCN(C(=O)[C@H](CCO)NS(=O)(=O)C2CC=C(Cl)C=C2Cl)CC1. The molecule has 10 nitrogen and oxygen atoms in total. The number of rotatable bonds is 11. The summed E-state index contributed by atoms with van der Waals surface area (Å²) in [6.07, 6.45) is 3.28. The predicted molar refractivity (Wildman–Crippen MR) is 170 cm³/mol. The fourth-order valence-electron chi connectivity index (χ4n) is 5.14. The number of aliphatic hydroxyl groups is 1. The minimum Gasteiger partial charge on any atom is -0.396 e. The largest absolute Gasteiger partial charge is 0.396 e. The summed E-state index contributed by atoms with van der Waals surface area (Å²) >= 11 is 13.4. The van der Waals surface area contributed by atoms with Gasteiger partial charge in [0.1, 0.15) is 17.3 Å². The van der Waals surface area contributed by atoms with Crippen LogP contribution in [0, 0.1) is 5.92 Å². The Bertz CT molecular complexity index is 1480. The number of carbonyl (C=O) groups is 3. The van der Waals surface area contributed by atoms with Gasteiger partial charge in [0.25, 0.3) is 5.91 Å². The Labute approximate surface area is 265 Å². The van der Waals surface area contributed by atoms with Crippen LogP contribution in [-0.4, -0.2) is 91.2 Å². The molecule has 1 aliphatic carbocycles. The minimum atomic E-state index is -4.07. The van der Waals surface area contributed by atoms with Crippen molar-refractivity contribution >= 4 is 72.4 Å². The summed E-state index contributed by atoms with van der Waals surface area (Å²) in [5.74, 6) is -0.885. The third-order valence-electron chi connectivity index (χ3n) is 7.37. The molecule has 3 N–H and O–H groups in total. The van der Waals surface area contributed by atoms with Gasteiger partial charge in [-0.15, -0.1) is 11.3 Å². The van der Waals surface area contributed by atoms with Crippen LogP contribution in [0.4, 0.5) is 0 Å². The lowest BCUT2D eigenvalue weighted by Crippen LogP contribution is -2.59. The number of sulfonamides is 1. The molecular formula is C29H36Cl2N4O6S2. The van der Waals surface area contributed by atoms with E-state index in [0.717, 1.165) is 10.1 Å². The molecule has 2 aliphatic rings. The Morgan fingerprint density at radius 2 is 1.67 bits per heavy atom. The molecule has 1 aromatic carbocycles. The fraction of sp³-hybridized carbons (Fsp3) is 0.483. The monoisotopic (exact) mass is 670 g/mol. The summed E-state index contributed by atoms with van der Waals surface area (Å²) < 4.78 is 29.6. The molecule has 1 aromatic heterocycles. The summed E-state index contributed by atoms with van der Waals surface area (Å²) in [6.45, 7) is 4.34. The van der Waals surface area contributed by atoms with Gasteiger partial charge in [-0.2, -0.15) is 0 Å². The molecule has 4 rings (SSSR count). The topological polar surface area (TPSA) is 136 Å². The number of fused-ring (bicyclic) bond motifs is 1. The highest BCUT2D eigenvalue weighted by Gasteiger charge is 2.37. The van der Waals surface area contributed by atoms with Crippen LogP contribution in [0.3, 0.4) is 0 Å². The van der Waals surface area contributed by atoms with Gasteiger partial charge < -0.3 is 20.2 Å². The number of allylic oxidation sites excluding steroid dienone is 3. The third kappa shape index (κ3) is 8.37. The number of thiophene rings is 1. The van der Waals surface area contributed by atoms with Crippen molar-refractivity contribution in [2.24, 2.45) is 5.92 Å². The van der Waals surface area contributed by atoms with Gasteiger partial charge in [0.15, 0.2) is 0 Å². The van der Waals surface area contributed by atoms with Crippen molar-refractivity contribution in [3.05, 3.63) is 57.4 Å². The van der Waals surface area contributed by atoms with Crippen molar-refractivity contribution in [2.75, 3.05) is 32.8 Å². The summed E-state index contributed by atoms with van der Waals surface area (Å²) in [4.78, 5) is 43.7. The molecule has 1 unspecified atom stereocenters. The first-order chi connectivity index (χ1) is 20.4. The molecule has 14 heteroatoms. The van der Waals surface area contributed by atoms with Crippen LogP contribution in [0.2, 0.25) is 0 Å². The van der Waals surface area contributed by atoms with Gasteiger partial charge in [-0.05, 0) is 48.8 Å². The van der Waals surface area contributed by atoms with Gasteiger partial charge in [-0.25, -0.2) is 13.1 Å². The number of benzene rings is 1. The Kier molecular flexibility index (Phi) is 11.3. The van der Waals surface area contributed by atoms with Crippen LogP contribution in [0.15, 0.2) is 52.5 Å². The maximum Gasteiger partial charge on any atom is 0.262 e. The number of carbonyl (C=O) groups excluding carboxylic acids is 3. The second kappa shape index (κ2) is 14.5. The zero-order valence-corrected chi connectivity index (χ0v) is 27.1. The van der Waals surface area contributed by atoms with Crippen molar-refractivity contribution in [3.63, 3.8) is 0 Å². The first-order valence-electron chi connectivity index (χ1n) is 14.1. The number of halogens is 2. The lowest BCUT2D eigenvalue weighted by atomic mass is 10.0. The highest BCUT2D eigenvalue weighted by Crippen LogP contribution is 2.29. The Morgan fingerprint density at radius 1 is 1.05 bits per heavy atom. The van der Waals surface area contributed by atoms with Gasteiger partial charge in [-0.3, -0.25) is 14.4 Å². The van der Waals surface area contributed by atoms with E-state index in [9.17, 15) is 27.9 Å². The first-order valence-corrected chi connectivity index (χ1v) is 17.2. The standard InChI is InChI=1S/C29H36Cl2N4O6S2/c1-18(2)15-23(32-27(37)25-16-19-5-3-4-6-24(19)42-25)29(39)35-12-10-34(11-13-35)28(38)22(9-14-36)33-43(40,41)26-8-7-20(30)17-21(26)31/h3-7,16-18,22-23,26,33,36H,8-15H2,1-2H3,(H,32,37)/t22-,23-,26?/m0/s1. The molecule has 2 aromatic rings. The Hall–Kier alpha value is -2.48. The van der Waals surface area contributed by atoms with Crippen molar-refractivity contribution in [1.82, 2.24) is 19.8 Å². The molecule has 0 radical (unpaired) electrons. The smallest absolute Gasteiger partial charge is 0.262 e. The fourth-order valence-corrected chi connectivity index (χ4v) is 8.42. The molecule has 3 atom stereocenters. The van der Waals surface area contributed by atoms with Crippen LogP contribution in [0.5, 0.6) is 0 Å². The number of piperazine rings is 1. The van der Waals surface area contributed by atoms with Gasteiger partial charge in [0.2, 0.25) is 21.8 Å². The molecule has 0 saturated carbocycles. The summed E-state index contributed by atoms with van der Waals surface area (Å²) in [7, 11) is -4.07. The number of hydrogen-bond donors (Lipinski definition) is 3. The summed E-state index contributed by atoms with van der Waals surface area (Å²) in [5.41, 5.74) is 0. The van der Waals surface area contributed by atoms with E-state index in [0.29, 0.717) is 16.3 Å². The van der Waals surface area contributed by atoms with E-state index < -0.39 is 39.9 Å². The zero-order valence-electron chi connectivity index (χ0n) is 24.0. The lowest BCUT2D eigenvalue weighted by molar-refractivity contribution is -0.141. The Morgan fingerprint density at radius 3 is 2.26 bits per heavy atom. The molecule has 0 bridgehead atoms. The van der Waals surface area contributed by atoms with E-state index in [1.165, 1.54) is 28.4 Å². The van der Waals surface area contributed by atoms with Gasteiger partial charge in [0.05, 0.1) is 4.88 Å². The molecule has 234 valence electrons. The molecule has 0 spiro atoms. The van der Waals surface area contributed by atoms with Crippen LogP contribution in [-0.2, 0) is 19.6 Å². The quantitative estimate of drug-likeness (QED) is 0.335. The molecule has 1 fully saturated rings. The maximum atomic E-state index is 13.6. The molecule has 2 heterocycles. The number of nitrogens with zero attached hydrogens (tertiary/aromatic N) is 2.